The summed E-state index contributed by atoms with van der Waals surface area (Å²) in [5.74, 6) is 1.17. The first-order valence-electron chi connectivity index (χ1n) is 10.7. The Morgan fingerprint density at radius 1 is 0.677 bits per heavy atom. The summed E-state index contributed by atoms with van der Waals surface area (Å²) in [5, 5.41) is 10.1. The largest absolute Gasteiger partial charge is 0.508 e. The number of phenolic OH excluding ortho intramolecular Hbond substituents is 1. The molecule has 1 aliphatic rings. The van der Waals surface area contributed by atoms with Crippen LogP contribution in [0.4, 0.5) is 0 Å². The van der Waals surface area contributed by atoms with Gasteiger partial charge in [-0.25, -0.2) is 0 Å². The summed E-state index contributed by atoms with van der Waals surface area (Å²) in [6.07, 6.45) is 1.91. The summed E-state index contributed by atoms with van der Waals surface area (Å²) in [5.41, 5.74) is 8.43. The zero-order valence-corrected chi connectivity index (χ0v) is 17.3. The number of hydrogen-bond acceptors (Lipinski definition) is 2. The van der Waals surface area contributed by atoms with Crippen molar-refractivity contribution in [3.8, 4) is 11.5 Å². The number of hydrogen-bond donors (Lipinski definition) is 1. The molecule has 0 radical (unpaired) electrons. The van der Waals surface area contributed by atoms with Crippen LogP contribution in [-0.4, -0.2) is 5.11 Å². The molecule has 0 saturated heterocycles. The van der Waals surface area contributed by atoms with Gasteiger partial charge in [-0.05, 0) is 76.1 Å². The highest BCUT2D eigenvalue weighted by Gasteiger charge is 2.22. The molecule has 1 N–H and O–H groups in total. The average molecular weight is 405 g/mol. The first-order chi connectivity index (χ1) is 15.3. The molecule has 0 aromatic heterocycles. The minimum atomic E-state index is 0.285. The molecule has 2 nitrogen and oxygen atoms in total. The molecule has 4 aromatic carbocycles. The number of ether oxygens (including phenoxy) is 1. The third kappa shape index (κ3) is 4.10. The lowest BCUT2D eigenvalue weighted by Gasteiger charge is -2.25. The predicted octanol–water partition coefficient (Wildman–Crippen LogP) is 6.88. The van der Waals surface area contributed by atoms with E-state index in [-0.39, 0.29) is 5.75 Å². The van der Waals surface area contributed by atoms with Gasteiger partial charge in [-0.3, -0.25) is 0 Å². The van der Waals surface area contributed by atoms with Crippen molar-refractivity contribution in [1.82, 2.24) is 0 Å². The Bertz CT molecular complexity index is 1220. The van der Waals surface area contributed by atoms with E-state index in [1.54, 1.807) is 6.07 Å². The molecule has 0 amide bonds. The van der Waals surface area contributed by atoms with Gasteiger partial charge in [0.15, 0.2) is 0 Å². The topological polar surface area (TPSA) is 29.5 Å². The normalized spacial score (nSPS) is 13.0. The lowest BCUT2D eigenvalue weighted by Crippen LogP contribution is -2.07. The summed E-state index contributed by atoms with van der Waals surface area (Å²) in [4.78, 5) is 0. The molecule has 0 atom stereocenters. The van der Waals surface area contributed by atoms with Crippen molar-refractivity contribution >= 4 is 11.1 Å². The van der Waals surface area contributed by atoms with Gasteiger partial charge in [0.2, 0.25) is 0 Å². The number of aromatic hydroxyl groups is 1. The smallest absolute Gasteiger partial charge is 0.120 e. The molecule has 152 valence electrons. The molecule has 1 aliphatic carbocycles. The highest BCUT2D eigenvalue weighted by atomic mass is 16.5. The van der Waals surface area contributed by atoms with E-state index in [0.717, 1.165) is 29.7 Å². The molecule has 0 spiro atoms. The van der Waals surface area contributed by atoms with E-state index in [4.69, 9.17) is 4.74 Å². The van der Waals surface area contributed by atoms with E-state index >= 15 is 0 Å². The van der Waals surface area contributed by atoms with Crippen molar-refractivity contribution < 1.29 is 9.84 Å². The fourth-order valence-electron chi connectivity index (χ4n) is 4.32. The SMILES string of the molecule is Oc1cccc(C2=C(c3ccccc3)CCc3cc(OCc4ccccc4)ccc32)c1. The Balaban J connectivity index is 1.55. The van der Waals surface area contributed by atoms with E-state index in [2.05, 4.69) is 60.7 Å². The second-order valence-corrected chi connectivity index (χ2v) is 7.86. The molecule has 0 saturated carbocycles. The monoisotopic (exact) mass is 404 g/mol. The van der Waals surface area contributed by atoms with Crippen LogP contribution in [0.3, 0.4) is 0 Å². The predicted molar refractivity (Wildman–Crippen MR) is 126 cm³/mol. The minimum Gasteiger partial charge on any atom is -0.508 e. The van der Waals surface area contributed by atoms with Gasteiger partial charge in [0.1, 0.15) is 18.1 Å². The van der Waals surface area contributed by atoms with E-state index < -0.39 is 0 Å². The van der Waals surface area contributed by atoms with Crippen LogP contribution >= 0.6 is 0 Å². The van der Waals surface area contributed by atoms with Crippen LogP contribution in [0.1, 0.15) is 34.2 Å². The van der Waals surface area contributed by atoms with Gasteiger partial charge in [-0.15, -0.1) is 0 Å². The van der Waals surface area contributed by atoms with Crippen LogP contribution in [0.2, 0.25) is 0 Å². The third-order valence-electron chi connectivity index (χ3n) is 5.80. The molecule has 0 unspecified atom stereocenters. The summed E-state index contributed by atoms with van der Waals surface area (Å²) in [6.45, 7) is 0.560. The Morgan fingerprint density at radius 2 is 1.42 bits per heavy atom. The van der Waals surface area contributed by atoms with Crippen molar-refractivity contribution in [2.24, 2.45) is 0 Å². The van der Waals surface area contributed by atoms with E-state index in [1.807, 2.05) is 36.4 Å². The molecular weight excluding hydrogens is 380 g/mol. The van der Waals surface area contributed by atoms with E-state index in [9.17, 15) is 5.11 Å². The lowest BCUT2D eigenvalue weighted by atomic mass is 9.79. The molecule has 31 heavy (non-hydrogen) atoms. The van der Waals surface area contributed by atoms with Crippen molar-refractivity contribution in [1.29, 1.82) is 0 Å². The van der Waals surface area contributed by atoms with Crippen LogP contribution < -0.4 is 4.74 Å². The Hall–Kier alpha value is -3.78. The van der Waals surface area contributed by atoms with E-state index in [1.165, 1.54) is 27.8 Å². The number of allylic oxidation sites excluding steroid dienone is 1. The van der Waals surface area contributed by atoms with Crippen molar-refractivity contribution in [2.45, 2.75) is 19.4 Å². The highest BCUT2D eigenvalue weighted by molar-refractivity contribution is 6.01. The van der Waals surface area contributed by atoms with Gasteiger partial charge >= 0.3 is 0 Å². The molecule has 0 fully saturated rings. The Labute approximate surface area is 183 Å². The maximum absolute atomic E-state index is 10.1. The quantitative estimate of drug-likeness (QED) is 0.393. The zero-order valence-electron chi connectivity index (χ0n) is 17.3. The maximum atomic E-state index is 10.1. The third-order valence-corrected chi connectivity index (χ3v) is 5.80. The van der Waals surface area contributed by atoms with Crippen LogP contribution in [0.5, 0.6) is 11.5 Å². The summed E-state index contributed by atoms with van der Waals surface area (Å²) in [6, 6.07) is 34.7. The molecule has 4 aromatic rings. The van der Waals surface area contributed by atoms with Gasteiger partial charge in [0, 0.05) is 0 Å². The van der Waals surface area contributed by atoms with Crippen molar-refractivity contribution in [3.63, 3.8) is 0 Å². The van der Waals surface area contributed by atoms with Gasteiger partial charge < -0.3 is 9.84 Å². The fraction of sp³-hybridized carbons (Fsp3) is 0.103. The van der Waals surface area contributed by atoms with Crippen LogP contribution in [-0.2, 0) is 13.0 Å². The number of benzene rings is 4. The molecule has 2 heteroatoms. The van der Waals surface area contributed by atoms with Crippen molar-refractivity contribution in [3.05, 3.63) is 131 Å². The maximum Gasteiger partial charge on any atom is 0.120 e. The van der Waals surface area contributed by atoms with Crippen LogP contribution in [0.15, 0.2) is 103 Å². The molecule has 0 heterocycles. The summed E-state index contributed by atoms with van der Waals surface area (Å²) >= 11 is 0. The Morgan fingerprint density at radius 3 is 2.19 bits per heavy atom. The van der Waals surface area contributed by atoms with E-state index in [0.29, 0.717) is 6.61 Å². The number of phenols is 1. The zero-order chi connectivity index (χ0) is 21.0. The van der Waals surface area contributed by atoms with Gasteiger partial charge in [-0.1, -0.05) is 78.9 Å². The molecule has 0 bridgehead atoms. The fourth-order valence-corrected chi connectivity index (χ4v) is 4.32. The lowest BCUT2D eigenvalue weighted by molar-refractivity contribution is 0.306. The number of fused-ring (bicyclic) bond motifs is 1. The Kier molecular flexibility index (Phi) is 5.28. The standard InChI is InChI=1S/C29H24O2/c30-25-13-7-12-24(18-25)29-27(22-10-5-2-6-11-22)16-14-23-19-26(15-17-28(23)29)31-20-21-8-3-1-4-9-21/h1-13,15,17-19,30H,14,16,20H2. The number of aryl methyl sites for hydroxylation is 1. The van der Waals surface area contributed by atoms with Gasteiger partial charge in [0.25, 0.3) is 0 Å². The molecule has 0 aliphatic heterocycles. The van der Waals surface area contributed by atoms with Gasteiger partial charge in [0.05, 0.1) is 0 Å². The second kappa shape index (κ2) is 8.53. The summed E-state index contributed by atoms with van der Waals surface area (Å²) < 4.78 is 6.07. The average Bonchev–Trinajstić information content (AvgIpc) is 2.83. The molecule has 5 rings (SSSR count). The first kappa shape index (κ1) is 19.2. The second-order valence-electron chi connectivity index (χ2n) is 7.86. The van der Waals surface area contributed by atoms with Crippen LogP contribution in [0, 0.1) is 0 Å². The highest BCUT2D eigenvalue weighted by Crippen LogP contribution is 2.42. The van der Waals surface area contributed by atoms with Crippen LogP contribution in [0.25, 0.3) is 11.1 Å². The number of rotatable bonds is 5. The van der Waals surface area contributed by atoms with Crippen molar-refractivity contribution in [2.75, 3.05) is 0 Å². The van der Waals surface area contributed by atoms with Gasteiger partial charge in [-0.2, -0.15) is 0 Å². The summed E-state index contributed by atoms with van der Waals surface area (Å²) in [7, 11) is 0. The first-order valence-corrected chi connectivity index (χ1v) is 10.7. The molecular formula is C29H24O2. The minimum absolute atomic E-state index is 0.285.